The summed E-state index contributed by atoms with van der Waals surface area (Å²) in [6.07, 6.45) is 2.23. The SMILES string of the molecule is Cc1ccc(Br)c2c1OCCCC2NC(C)C. The third-order valence-corrected chi connectivity index (χ3v) is 3.80. The first-order valence-corrected chi connectivity index (χ1v) is 7.06. The van der Waals surface area contributed by atoms with Crippen LogP contribution in [-0.4, -0.2) is 12.6 Å². The van der Waals surface area contributed by atoms with Crippen molar-refractivity contribution in [2.24, 2.45) is 0 Å². The van der Waals surface area contributed by atoms with Crippen LogP contribution in [0.1, 0.15) is 43.9 Å². The number of ether oxygens (including phenoxy) is 1. The molecule has 0 saturated heterocycles. The van der Waals surface area contributed by atoms with E-state index in [-0.39, 0.29) is 0 Å². The zero-order valence-electron chi connectivity index (χ0n) is 10.7. The zero-order valence-corrected chi connectivity index (χ0v) is 12.3. The molecule has 0 spiro atoms. The quantitative estimate of drug-likeness (QED) is 0.892. The fraction of sp³-hybridized carbons (Fsp3) is 0.571. The van der Waals surface area contributed by atoms with Crippen molar-refractivity contribution < 1.29 is 4.74 Å². The van der Waals surface area contributed by atoms with Crippen LogP contribution in [0.15, 0.2) is 16.6 Å². The predicted octanol–water partition coefficient (Wildman–Crippen LogP) is 3.97. The van der Waals surface area contributed by atoms with Crippen molar-refractivity contribution in [2.45, 2.75) is 45.7 Å². The van der Waals surface area contributed by atoms with Gasteiger partial charge in [-0.05, 0) is 31.4 Å². The van der Waals surface area contributed by atoms with Crippen LogP contribution in [0.5, 0.6) is 5.75 Å². The van der Waals surface area contributed by atoms with Gasteiger partial charge in [-0.2, -0.15) is 0 Å². The molecule has 1 N–H and O–H groups in total. The highest BCUT2D eigenvalue weighted by Gasteiger charge is 2.23. The van der Waals surface area contributed by atoms with Crippen molar-refractivity contribution in [1.29, 1.82) is 0 Å². The first-order valence-electron chi connectivity index (χ1n) is 6.27. The smallest absolute Gasteiger partial charge is 0.128 e. The Labute approximate surface area is 112 Å². The Hall–Kier alpha value is -0.540. The van der Waals surface area contributed by atoms with Gasteiger partial charge in [0.1, 0.15) is 5.75 Å². The summed E-state index contributed by atoms with van der Waals surface area (Å²) in [6, 6.07) is 5.11. The summed E-state index contributed by atoms with van der Waals surface area (Å²) in [5, 5.41) is 3.64. The van der Waals surface area contributed by atoms with Crippen molar-refractivity contribution in [3.8, 4) is 5.75 Å². The fourth-order valence-electron chi connectivity index (χ4n) is 2.38. The summed E-state index contributed by atoms with van der Waals surface area (Å²) in [5.74, 6) is 1.06. The number of aryl methyl sites for hydroxylation is 1. The summed E-state index contributed by atoms with van der Waals surface area (Å²) in [4.78, 5) is 0. The molecule has 1 aromatic carbocycles. The number of benzene rings is 1. The fourth-order valence-corrected chi connectivity index (χ4v) is 2.96. The molecule has 1 atom stereocenters. The minimum Gasteiger partial charge on any atom is -0.493 e. The number of rotatable bonds is 2. The highest BCUT2D eigenvalue weighted by atomic mass is 79.9. The zero-order chi connectivity index (χ0) is 12.4. The van der Waals surface area contributed by atoms with Gasteiger partial charge < -0.3 is 10.1 Å². The summed E-state index contributed by atoms with van der Waals surface area (Å²) in [7, 11) is 0. The van der Waals surface area contributed by atoms with Crippen LogP contribution in [0, 0.1) is 6.92 Å². The Bertz CT molecular complexity index is 403. The highest BCUT2D eigenvalue weighted by molar-refractivity contribution is 9.10. The highest BCUT2D eigenvalue weighted by Crippen LogP contribution is 2.39. The van der Waals surface area contributed by atoms with E-state index in [1.807, 2.05) is 0 Å². The number of halogens is 1. The molecular weight excluding hydrogens is 278 g/mol. The van der Waals surface area contributed by atoms with Gasteiger partial charge in [0.15, 0.2) is 0 Å². The lowest BCUT2D eigenvalue weighted by molar-refractivity contribution is 0.312. The minimum absolute atomic E-state index is 0.391. The monoisotopic (exact) mass is 297 g/mol. The largest absolute Gasteiger partial charge is 0.493 e. The topological polar surface area (TPSA) is 21.3 Å². The molecule has 0 saturated carbocycles. The van der Waals surface area contributed by atoms with E-state index in [0.29, 0.717) is 12.1 Å². The second-order valence-electron chi connectivity index (χ2n) is 4.97. The lowest BCUT2D eigenvalue weighted by Crippen LogP contribution is -2.28. The standard InChI is InChI=1S/C14H20BrNO/c1-9(2)16-12-5-4-8-17-14-10(3)6-7-11(15)13(12)14/h6-7,9,12,16H,4-5,8H2,1-3H3. The Balaban J connectivity index is 2.43. The van der Waals surface area contributed by atoms with Gasteiger partial charge in [-0.15, -0.1) is 0 Å². The molecule has 1 heterocycles. The Morgan fingerprint density at radius 1 is 1.41 bits per heavy atom. The van der Waals surface area contributed by atoms with E-state index in [4.69, 9.17) is 4.74 Å². The van der Waals surface area contributed by atoms with Crippen molar-refractivity contribution >= 4 is 15.9 Å². The van der Waals surface area contributed by atoms with Crippen molar-refractivity contribution in [2.75, 3.05) is 6.61 Å². The molecule has 0 fully saturated rings. The molecule has 0 aliphatic carbocycles. The summed E-state index contributed by atoms with van der Waals surface area (Å²) in [6.45, 7) is 7.31. The molecule has 1 aliphatic heterocycles. The molecule has 2 rings (SSSR count). The van der Waals surface area contributed by atoms with E-state index in [2.05, 4.69) is 54.2 Å². The van der Waals surface area contributed by atoms with E-state index < -0.39 is 0 Å². The first-order chi connectivity index (χ1) is 8.09. The lowest BCUT2D eigenvalue weighted by Gasteiger charge is -2.23. The molecule has 1 unspecified atom stereocenters. The van der Waals surface area contributed by atoms with E-state index in [0.717, 1.165) is 29.7 Å². The second-order valence-corrected chi connectivity index (χ2v) is 5.83. The van der Waals surface area contributed by atoms with Crippen LogP contribution in [-0.2, 0) is 0 Å². The molecule has 0 amide bonds. The molecule has 94 valence electrons. The van der Waals surface area contributed by atoms with Crippen LogP contribution in [0.25, 0.3) is 0 Å². The molecule has 0 aromatic heterocycles. The number of fused-ring (bicyclic) bond motifs is 1. The van der Waals surface area contributed by atoms with Gasteiger partial charge in [0.2, 0.25) is 0 Å². The summed E-state index contributed by atoms with van der Waals surface area (Å²) in [5.41, 5.74) is 2.51. The van der Waals surface area contributed by atoms with Gasteiger partial charge in [0, 0.05) is 22.1 Å². The molecule has 3 heteroatoms. The average Bonchev–Trinajstić information content (AvgIpc) is 2.46. The van der Waals surface area contributed by atoms with Gasteiger partial charge in [-0.1, -0.05) is 35.8 Å². The van der Waals surface area contributed by atoms with Crippen molar-refractivity contribution in [3.05, 3.63) is 27.7 Å². The second kappa shape index (κ2) is 5.40. The van der Waals surface area contributed by atoms with E-state index in [9.17, 15) is 0 Å². The first kappa shape index (κ1) is 12.9. The van der Waals surface area contributed by atoms with Crippen LogP contribution in [0.2, 0.25) is 0 Å². The maximum atomic E-state index is 5.90. The third kappa shape index (κ3) is 2.83. The van der Waals surface area contributed by atoms with Crippen LogP contribution in [0.3, 0.4) is 0 Å². The van der Waals surface area contributed by atoms with Crippen molar-refractivity contribution in [3.63, 3.8) is 0 Å². The molecular formula is C14H20BrNO. The van der Waals surface area contributed by atoms with E-state index in [1.54, 1.807) is 0 Å². The number of hydrogen-bond donors (Lipinski definition) is 1. The Kier molecular flexibility index (Phi) is 4.10. The van der Waals surface area contributed by atoms with E-state index in [1.165, 1.54) is 11.1 Å². The predicted molar refractivity (Wildman–Crippen MR) is 74.6 cm³/mol. The van der Waals surface area contributed by atoms with E-state index >= 15 is 0 Å². The molecule has 2 nitrogen and oxygen atoms in total. The third-order valence-electron chi connectivity index (χ3n) is 3.11. The molecule has 17 heavy (non-hydrogen) atoms. The Morgan fingerprint density at radius 3 is 2.88 bits per heavy atom. The van der Waals surface area contributed by atoms with Gasteiger partial charge in [-0.25, -0.2) is 0 Å². The number of nitrogens with one attached hydrogen (secondary N) is 1. The molecule has 1 aliphatic rings. The van der Waals surface area contributed by atoms with Crippen LogP contribution < -0.4 is 10.1 Å². The number of hydrogen-bond acceptors (Lipinski definition) is 2. The Morgan fingerprint density at radius 2 is 2.18 bits per heavy atom. The molecule has 1 aromatic rings. The minimum atomic E-state index is 0.391. The van der Waals surface area contributed by atoms with Gasteiger partial charge in [-0.3, -0.25) is 0 Å². The lowest BCUT2D eigenvalue weighted by atomic mass is 9.99. The van der Waals surface area contributed by atoms with Gasteiger partial charge in [0.05, 0.1) is 6.61 Å². The summed E-state index contributed by atoms with van der Waals surface area (Å²) < 4.78 is 7.05. The average molecular weight is 298 g/mol. The van der Waals surface area contributed by atoms with Gasteiger partial charge >= 0.3 is 0 Å². The normalized spacial score (nSPS) is 19.7. The summed E-state index contributed by atoms with van der Waals surface area (Å²) >= 11 is 3.66. The van der Waals surface area contributed by atoms with Crippen LogP contribution in [0.4, 0.5) is 0 Å². The maximum absolute atomic E-state index is 5.90. The van der Waals surface area contributed by atoms with Gasteiger partial charge in [0.25, 0.3) is 0 Å². The molecule has 0 bridgehead atoms. The molecule has 0 radical (unpaired) electrons. The van der Waals surface area contributed by atoms with Crippen LogP contribution >= 0.6 is 15.9 Å². The maximum Gasteiger partial charge on any atom is 0.128 e. The van der Waals surface area contributed by atoms with Crippen molar-refractivity contribution in [1.82, 2.24) is 5.32 Å².